The van der Waals surface area contributed by atoms with Crippen molar-refractivity contribution in [2.45, 2.75) is 26.4 Å². The van der Waals surface area contributed by atoms with Gasteiger partial charge in [0.2, 0.25) is 0 Å². The van der Waals surface area contributed by atoms with E-state index in [0.29, 0.717) is 0 Å². The third kappa shape index (κ3) is 3.70. The van der Waals surface area contributed by atoms with Gasteiger partial charge >= 0.3 is 0 Å². The van der Waals surface area contributed by atoms with Crippen molar-refractivity contribution >= 4 is 5.69 Å². The van der Waals surface area contributed by atoms with E-state index in [0.717, 1.165) is 44.4 Å². The maximum atomic E-state index is 5.65. The highest BCUT2D eigenvalue weighted by Crippen LogP contribution is 2.18. The van der Waals surface area contributed by atoms with Crippen LogP contribution in [0.4, 0.5) is 5.69 Å². The van der Waals surface area contributed by atoms with Crippen LogP contribution < -0.4 is 10.2 Å². The fourth-order valence-electron chi connectivity index (χ4n) is 2.70. The van der Waals surface area contributed by atoms with Crippen LogP contribution in [0.2, 0.25) is 0 Å². The number of benzene rings is 1. The van der Waals surface area contributed by atoms with Crippen LogP contribution in [0.3, 0.4) is 0 Å². The van der Waals surface area contributed by atoms with Crippen molar-refractivity contribution in [1.82, 2.24) is 5.32 Å². The summed E-state index contributed by atoms with van der Waals surface area (Å²) in [7, 11) is 0. The molecule has 0 radical (unpaired) electrons. The molecule has 0 bridgehead atoms. The van der Waals surface area contributed by atoms with Gasteiger partial charge in [0.05, 0.1) is 19.3 Å². The summed E-state index contributed by atoms with van der Waals surface area (Å²) in [5, 5.41) is 3.50. The quantitative estimate of drug-likeness (QED) is 0.919. The lowest BCUT2D eigenvalue weighted by molar-refractivity contribution is 0.122. The summed E-state index contributed by atoms with van der Waals surface area (Å²) < 4.78 is 11.0. The second-order valence-corrected chi connectivity index (χ2v) is 5.82. The molecule has 1 N–H and O–H groups in total. The van der Waals surface area contributed by atoms with Gasteiger partial charge in [-0.1, -0.05) is 12.1 Å². The summed E-state index contributed by atoms with van der Waals surface area (Å²) in [4.78, 5) is 2.37. The van der Waals surface area contributed by atoms with Gasteiger partial charge in [0, 0.05) is 25.3 Å². The van der Waals surface area contributed by atoms with Crippen LogP contribution in [0, 0.1) is 6.92 Å². The molecule has 118 valence electrons. The van der Waals surface area contributed by atoms with Gasteiger partial charge in [0.1, 0.15) is 11.5 Å². The Morgan fingerprint density at radius 2 is 1.82 bits per heavy atom. The van der Waals surface area contributed by atoms with E-state index >= 15 is 0 Å². The molecule has 2 heterocycles. The Labute approximate surface area is 132 Å². The second kappa shape index (κ2) is 6.99. The smallest absolute Gasteiger partial charge is 0.120 e. The highest BCUT2D eigenvalue weighted by Gasteiger charge is 2.11. The zero-order valence-electron chi connectivity index (χ0n) is 13.3. The Bertz CT molecular complexity index is 585. The fourth-order valence-corrected chi connectivity index (χ4v) is 2.70. The second-order valence-electron chi connectivity index (χ2n) is 5.82. The molecule has 22 heavy (non-hydrogen) atoms. The van der Waals surface area contributed by atoms with Crippen LogP contribution in [-0.4, -0.2) is 26.3 Å². The van der Waals surface area contributed by atoms with Crippen molar-refractivity contribution in [2.75, 3.05) is 31.2 Å². The maximum Gasteiger partial charge on any atom is 0.120 e. The minimum Gasteiger partial charge on any atom is -0.465 e. The molecular weight excluding hydrogens is 276 g/mol. The van der Waals surface area contributed by atoms with Gasteiger partial charge in [-0.25, -0.2) is 0 Å². The van der Waals surface area contributed by atoms with Gasteiger partial charge in [-0.3, -0.25) is 0 Å². The molecule has 0 spiro atoms. The average Bonchev–Trinajstić information content (AvgIpc) is 3.00. The lowest BCUT2D eigenvalue weighted by Crippen LogP contribution is -2.36. The maximum absolute atomic E-state index is 5.65. The molecule has 0 aliphatic carbocycles. The summed E-state index contributed by atoms with van der Waals surface area (Å²) >= 11 is 0. The highest BCUT2D eigenvalue weighted by molar-refractivity contribution is 5.47. The molecule has 4 heteroatoms. The highest BCUT2D eigenvalue weighted by atomic mass is 16.5. The van der Waals surface area contributed by atoms with Crippen LogP contribution in [0.1, 0.15) is 30.0 Å². The number of nitrogens with zero attached hydrogens (tertiary/aromatic N) is 1. The Kier molecular flexibility index (Phi) is 4.80. The summed E-state index contributed by atoms with van der Waals surface area (Å²) in [6, 6.07) is 13.0. The Hall–Kier alpha value is -1.78. The molecule has 1 aromatic carbocycles. The van der Waals surface area contributed by atoms with Crippen molar-refractivity contribution in [2.24, 2.45) is 0 Å². The Balaban J connectivity index is 1.54. The molecule has 2 aromatic rings. The van der Waals surface area contributed by atoms with Crippen LogP contribution in [0.5, 0.6) is 0 Å². The number of rotatable bonds is 5. The van der Waals surface area contributed by atoms with E-state index in [-0.39, 0.29) is 6.04 Å². The molecule has 1 saturated heterocycles. The van der Waals surface area contributed by atoms with Crippen molar-refractivity contribution in [1.29, 1.82) is 0 Å². The van der Waals surface area contributed by atoms with Gasteiger partial charge in [-0.2, -0.15) is 0 Å². The van der Waals surface area contributed by atoms with Crippen LogP contribution >= 0.6 is 0 Å². The summed E-state index contributed by atoms with van der Waals surface area (Å²) in [6.45, 7) is 8.54. The van der Waals surface area contributed by atoms with Crippen molar-refractivity contribution in [3.8, 4) is 0 Å². The fraction of sp³-hybridized carbons (Fsp3) is 0.444. The Morgan fingerprint density at radius 3 is 2.45 bits per heavy atom. The SMILES string of the molecule is Cc1ccc(C(C)NCc2ccc(N3CCOCC3)cc2)o1. The predicted octanol–water partition coefficient (Wildman–Crippen LogP) is 3.28. The molecule has 1 aromatic heterocycles. The standard InChI is InChI=1S/C18H24N2O2/c1-14-3-8-18(22-14)15(2)19-13-16-4-6-17(7-5-16)20-9-11-21-12-10-20/h3-8,15,19H,9-13H2,1-2H3. The molecule has 0 amide bonds. The number of hydrogen-bond donors (Lipinski definition) is 1. The lowest BCUT2D eigenvalue weighted by atomic mass is 10.1. The van der Waals surface area contributed by atoms with E-state index < -0.39 is 0 Å². The number of nitrogens with one attached hydrogen (secondary N) is 1. The molecule has 1 aliphatic rings. The first kappa shape index (κ1) is 15.1. The van der Waals surface area contributed by atoms with Crippen LogP contribution in [0.25, 0.3) is 0 Å². The monoisotopic (exact) mass is 300 g/mol. The van der Waals surface area contributed by atoms with Crippen molar-refractivity contribution in [3.63, 3.8) is 0 Å². The van der Waals surface area contributed by atoms with E-state index in [1.807, 2.05) is 19.1 Å². The summed E-state index contributed by atoms with van der Waals surface area (Å²) in [5.74, 6) is 1.95. The van der Waals surface area contributed by atoms with E-state index in [1.165, 1.54) is 11.3 Å². The molecule has 3 rings (SSSR count). The van der Waals surface area contributed by atoms with Gasteiger partial charge in [0.25, 0.3) is 0 Å². The Morgan fingerprint density at radius 1 is 1.09 bits per heavy atom. The van der Waals surface area contributed by atoms with E-state index in [1.54, 1.807) is 0 Å². The molecular formula is C18H24N2O2. The average molecular weight is 300 g/mol. The topological polar surface area (TPSA) is 37.6 Å². The molecule has 1 fully saturated rings. The number of furan rings is 1. The minimum absolute atomic E-state index is 0.215. The summed E-state index contributed by atoms with van der Waals surface area (Å²) in [6.07, 6.45) is 0. The number of anilines is 1. The van der Waals surface area contributed by atoms with Gasteiger partial charge < -0.3 is 19.4 Å². The van der Waals surface area contributed by atoms with Gasteiger partial charge in [0.15, 0.2) is 0 Å². The third-order valence-electron chi connectivity index (χ3n) is 4.11. The van der Waals surface area contributed by atoms with Crippen molar-refractivity contribution in [3.05, 3.63) is 53.5 Å². The van der Waals surface area contributed by atoms with Crippen molar-refractivity contribution < 1.29 is 9.15 Å². The molecule has 4 nitrogen and oxygen atoms in total. The van der Waals surface area contributed by atoms with Crippen LogP contribution in [0.15, 0.2) is 40.8 Å². The normalized spacial score (nSPS) is 16.7. The minimum atomic E-state index is 0.215. The van der Waals surface area contributed by atoms with Crippen LogP contribution in [-0.2, 0) is 11.3 Å². The first-order valence-electron chi connectivity index (χ1n) is 7.94. The van der Waals surface area contributed by atoms with E-state index in [4.69, 9.17) is 9.15 Å². The lowest BCUT2D eigenvalue weighted by Gasteiger charge is -2.29. The molecule has 1 unspecified atom stereocenters. The first-order chi connectivity index (χ1) is 10.7. The number of ether oxygens (including phenoxy) is 1. The predicted molar refractivity (Wildman–Crippen MR) is 88.2 cm³/mol. The van der Waals surface area contributed by atoms with Gasteiger partial charge in [-0.05, 0) is 43.7 Å². The number of aryl methyl sites for hydroxylation is 1. The van der Waals surface area contributed by atoms with E-state index in [9.17, 15) is 0 Å². The molecule has 1 atom stereocenters. The molecule has 1 aliphatic heterocycles. The number of morpholine rings is 1. The molecule has 0 saturated carbocycles. The van der Waals surface area contributed by atoms with Gasteiger partial charge in [-0.15, -0.1) is 0 Å². The number of hydrogen-bond acceptors (Lipinski definition) is 4. The first-order valence-corrected chi connectivity index (χ1v) is 7.94. The largest absolute Gasteiger partial charge is 0.465 e. The summed E-state index contributed by atoms with van der Waals surface area (Å²) in [5.41, 5.74) is 2.56. The zero-order valence-corrected chi connectivity index (χ0v) is 13.3. The van der Waals surface area contributed by atoms with E-state index in [2.05, 4.69) is 41.4 Å². The third-order valence-corrected chi connectivity index (χ3v) is 4.11. The zero-order chi connectivity index (χ0) is 15.4.